The van der Waals surface area contributed by atoms with Gasteiger partial charge >= 0.3 is 23.9 Å². The quantitative estimate of drug-likeness (QED) is 0.0250. The number of nitrogens with zero attached hydrogens (tertiary/aromatic N) is 6. The van der Waals surface area contributed by atoms with Crippen molar-refractivity contribution < 1.29 is 123 Å². The highest BCUT2D eigenvalue weighted by molar-refractivity contribution is 5.85. The van der Waals surface area contributed by atoms with Crippen molar-refractivity contribution in [1.29, 1.82) is 0 Å². The van der Waals surface area contributed by atoms with E-state index in [2.05, 4.69) is 58.5 Å². The number of likely N-dealkylation sites (N-methyl/N-ethyl adjacent to an activating group) is 4. The zero-order chi connectivity index (χ0) is 91.7. The third-order valence-electron chi connectivity index (χ3n) is 21.7. The van der Waals surface area contributed by atoms with Crippen LogP contribution in [0.15, 0.2) is 249 Å². The Morgan fingerprint density at radius 3 is 1.13 bits per heavy atom. The number of carbonyl (C=O) groups excluding carboxylic acids is 2. The molecule has 128 heavy (non-hydrogen) atoms. The minimum absolute atomic E-state index is 0.0407. The van der Waals surface area contributed by atoms with E-state index in [0.717, 1.165) is 69.2 Å². The Morgan fingerprint density at radius 2 is 0.750 bits per heavy atom. The summed E-state index contributed by atoms with van der Waals surface area (Å²) in [5.41, 5.74) is 6.33. The Morgan fingerprint density at radius 1 is 0.414 bits per heavy atom. The Hall–Kier alpha value is -11.9. The number of aliphatic carboxylic acids is 1. The van der Waals surface area contributed by atoms with Crippen LogP contribution in [0.5, 0.6) is 40.8 Å². The molecule has 0 radical (unpaired) electrons. The van der Waals surface area contributed by atoms with Crippen LogP contribution >= 0.6 is 0 Å². The van der Waals surface area contributed by atoms with Gasteiger partial charge < -0.3 is 123 Å². The fraction of sp³-hybridized carbons (Fsp3) is 0.354. The largest absolute Gasteiger partial charge is 0.484 e. The highest BCUT2D eigenvalue weighted by Gasteiger charge is 2.51. The number of aryl methyl sites for hydroxylation is 3. The van der Waals surface area contributed by atoms with Gasteiger partial charge in [0.05, 0.1) is 47.6 Å². The average molecular weight is 1760 g/mol. The third-order valence-corrected chi connectivity index (χ3v) is 21.7. The molecule has 10 aromatic carbocycles. The number of aliphatic hydroxyl groups excluding tert-OH is 10. The van der Waals surface area contributed by atoms with Crippen molar-refractivity contribution in [3.8, 4) is 40.8 Å². The van der Waals surface area contributed by atoms with E-state index in [1.165, 1.54) is 42.2 Å². The van der Waals surface area contributed by atoms with Gasteiger partial charge in [-0.25, -0.2) is 4.79 Å². The molecule has 4 saturated heterocycles. The summed E-state index contributed by atoms with van der Waals surface area (Å²) in [6.45, 7) is 10.1. The van der Waals surface area contributed by atoms with Gasteiger partial charge in [-0.1, -0.05) is 205 Å². The van der Waals surface area contributed by atoms with E-state index < -0.39 is 122 Å². The molecule has 32 nitrogen and oxygen atoms in total. The van der Waals surface area contributed by atoms with Gasteiger partial charge in [0.15, 0.2) is 24.6 Å². The van der Waals surface area contributed by atoms with Gasteiger partial charge in [-0.05, 0) is 127 Å². The van der Waals surface area contributed by atoms with Crippen LogP contribution in [0.1, 0.15) is 51.7 Å². The maximum atomic E-state index is 13.5. The number of hydrogen-bond donors (Lipinski definition) is 12. The lowest BCUT2D eigenvalue weighted by atomic mass is 9.97. The van der Waals surface area contributed by atoms with Crippen LogP contribution < -0.4 is 43.0 Å². The minimum Gasteiger partial charge on any atom is -0.484 e. The molecule has 5 heterocycles. The normalized spacial score (nSPS) is 23.5. The van der Waals surface area contributed by atoms with Crippen LogP contribution in [0.4, 0.5) is 5.95 Å². The molecule has 4 aliphatic heterocycles. The number of aromatic nitrogens is 3. The molecule has 0 aliphatic carbocycles. The lowest BCUT2D eigenvalue weighted by Gasteiger charge is -2.40. The first kappa shape index (κ1) is 96.7. The minimum atomic E-state index is -1.78. The van der Waals surface area contributed by atoms with Crippen molar-refractivity contribution in [3.05, 3.63) is 282 Å². The van der Waals surface area contributed by atoms with Crippen molar-refractivity contribution in [2.24, 2.45) is 0 Å². The number of quaternary nitrogens is 1. The van der Waals surface area contributed by atoms with Crippen LogP contribution in [-0.4, -0.2) is 279 Å². The van der Waals surface area contributed by atoms with E-state index >= 15 is 0 Å². The summed E-state index contributed by atoms with van der Waals surface area (Å²) in [6, 6.07) is 78.8. The molecule has 18 atom stereocenters. The second-order valence-electron chi connectivity index (χ2n) is 31.4. The van der Waals surface area contributed by atoms with Crippen LogP contribution in [0.3, 0.4) is 0 Å². The van der Waals surface area contributed by atoms with Crippen molar-refractivity contribution in [2.45, 2.75) is 131 Å². The number of morpholine rings is 1. The van der Waals surface area contributed by atoms with Crippen molar-refractivity contribution in [2.75, 3.05) is 88.3 Å². The number of hydrogen-bond acceptors (Lipinski definition) is 28. The number of aliphatic hydroxyl groups is 10. The number of rotatable bonds is 25. The molecule has 11 aromatic rings. The monoisotopic (exact) mass is 1760 g/mol. The number of benzene rings is 10. The number of fused-ring (bicyclic) bond motifs is 2. The number of nitrogens with one attached hydrogen (secondary N) is 1. The molecule has 680 valence electrons. The maximum Gasteiger partial charge on any atom is 0.338 e. The highest BCUT2D eigenvalue weighted by atomic mass is 16.7. The number of carbonyl (C=O) groups is 3. The average Bonchev–Trinajstić information content (AvgIpc) is 0.796. The highest BCUT2D eigenvalue weighted by Crippen LogP contribution is 2.34. The van der Waals surface area contributed by atoms with Gasteiger partial charge in [0.25, 0.3) is 11.8 Å². The first-order chi connectivity index (χ1) is 61.5. The Bertz CT molecular complexity index is 5270. The lowest BCUT2D eigenvalue weighted by molar-refractivity contribution is -0.277. The van der Waals surface area contributed by atoms with E-state index in [1.54, 1.807) is 37.4 Å². The van der Waals surface area contributed by atoms with E-state index in [4.69, 9.17) is 57.2 Å². The molecule has 0 spiro atoms. The zero-order valence-corrected chi connectivity index (χ0v) is 72.3. The summed E-state index contributed by atoms with van der Waals surface area (Å²) in [5, 5.41) is 116. The SMILES string of the molecule is CNCC(Oc1ccc(C)cc1)c1ccccc1.COc1nc(OC)nc([N+]2(C)CCOCC2)n1.Cc1ccc(OC(CN(C)C(=O)C2OC(O)C(O)C(O)C2O)c2ccccc2)cc1.Cc1ccc(OC(CN(C)C(=O)C2OC(Oc3ccc4ccccc4c3)C(O)C(O)C2O)c2ccccc2)cc1.O=C(O)C1OC(Oc2ccc3ccccc3c2)C(O)C(O)C1O. The second kappa shape index (κ2) is 46.2. The van der Waals surface area contributed by atoms with E-state index in [0.29, 0.717) is 46.6 Å². The number of carboxylic acids is 1. The van der Waals surface area contributed by atoms with Crippen molar-refractivity contribution >= 4 is 45.3 Å². The fourth-order valence-corrected chi connectivity index (χ4v) is 14.1. The first-order valence-corrected chi connectivity index (χ1v) is 41.6. The summed E-state index contributed by atoms with van der Waals surface area (Å²) in [4.78, 5) is 52.7. The number of methoxy groups -OCH3 is 2. The third kappa shape index (κ3) is 26.0. The molecular weight excluding hydrogens is 1650 g/mol. The maximum absolute atomic E-state index is 13.5. The molecule has 4 aliphatic rings. The van der Waals surface area contributed by atoms with E-state index in [9.17, 15) is 65.4 Å². The first-order valence-electron chi connectivity index (χ1n) is 41.6. The van der Waals surface area contributed by atoms with Gasteiger partial charge in [-0.15, -0.1) is 15.0 Å². The van der Waals surface area contributed by atoms with Crippen molar-refractivity contribution in [3.63, 3.8) is 0 Å². The lowest BCUT2D eigenvalue weighted by Crippen LogP contribution is -2.63. The molecule has 32 heteroatoms. The summed E-state index contributed by atoms with van der Waals surface area (Å²) in [6.07, 6.45) is -25.2. The standard InChI is InChI=1S/C32H33NO7.C22H27NO7.C16H19NO.C16H16O7.C10H17N4O3/c1-20-12-15-24(16-13-20)38-26(22-9-4-3-5-10-22)19-33(2)31(37)30-28(35)27(34)29(36)32(40-30)39-25-17-14-21-8-6-7-11-23(21)18-25;1-13-8-10-15(11-9-13)29-16(14-6-4-3-5-7-14)12-23(2)21(27)20-18(25)17(24)19(26)22(28)30-20;1-13-8-10-15(11-9-13)18-16(12-17-2)14-6-4-3-5-7-14;17-11-12(18)14(15(20)21)23-16(13(11)19)22-10-6-5-8-3-1-2-4-9(8)7-10;1-14(4-6-17-7-5-14)8-11-9(15-2)13-10(12-8)16-3/h3-18,26-30,32,34-36H,19H2,1-2H3;3-11,16-20,22,24-26,28H,12H2,1-2H3;3-11,16-17H,12H2,1-2H3;1-7,11-14,16-19H,(H,20,21);4-7H2,1-3H3/q;;;;+1. The number of carboxylic acid groups (broad SMARTS) is 1. The molecule has 0 saturated carbocycles. The van der Waals surface area contributed by atoms with Gasteiger partial charge in [0.1, 0.15) is 115 Å². The number of amides is 2. The van der Waals surface area contributed by atoms with Gasteiger partial charge in [-0.2, -0.15) is 0 Å². The summed E-state index contributed by atoms with van der Waals surface area (Å²) >= 11 is 0. The molecule has 4 fully saturated rings. The Kier molecular flexibility index (Phi) is 34.9. The van der Waals surface area contributed by atoms with Crippen LogP contribution in [0, 0.1) is 20.8 Å². The van der Waals surface area contributed by atoms with Crippen LogP contribution in [-0.2, 0) is 33.3 Å². The molecule has 1 aromatic heterocycles. The smallest absolute Gasteiger partial charge is 0.338 e. The molecule has 18 unspecified atom stereocenters. The summed E-state index contributed by atoms with van der Waals surface area (Å²) in [5.74, 6) is 0.897. The molecule has 15 rings (SSSR count). The summed E-state index contributed by atoms with van der Waals surface area (Å²) < 4.78 is 61.7. The predicted molar refractivity (Wildman–Crippen MR) is 472 cm³/mol. The fourth-order valence-electron chi connectivity index (χ4n) is 14.1. The second-order valence-corrected chi connectivity index (χ2v) is 31.4. The van der Waals surface area contributed by atoms with Crippen LogP contribution in [0.2, 0.25) is 0 Å². The summed E-state index contributed by atoms with van der Waals surface area (Å²) in [7, 11) is 10.1. The molecule has 0 bridgehead atoms. The zero-order valence-electron chi connectivity index (χ0n) is 72.3. The molecule has 2 amide bonds. The predicted octanol–water partition coefficient (Wildman–Crippen LogP) is 7.29. The van der Waals surface area contributed by atoms with Crippen LogP contribution in [0.25, 0.3) is 21.5 Å². The van der Waals surface area contributed by atoms with Gasteiger partial charge in [-0.3, -0.25) is 14.1 Å². The van der Waals surface area contributed by atoms with Gasteiger partial charge in [0, 0.05) is 20.6 Å². The Labute approximate surface area is 741 Å². The van der Waals surface area contributed by atoms with Crippen molar-refractivity contribution in [1.82, 2.24) is 34.6 Å². The molecule has 12 N–H and O–H groups in total. The van der Waals surface area contributed by atoms with E-state index in [1.807, 2.05) is 215 Å². The van der Waals surface area contributed by atoms with E-state index in [-0.39, 0.29) is 31.2 Å². The topological polar surface area (TPSA) is 432 Å². The van der Waals surface area contributed by atoms with Gasteiger partial charge in [0.2, 0.25) is 12.6 Å². The number of ether oxygens (including phenoxy) is 11. The molecular formula is C96H112N7O25+. The Balaban J connectivity index is 0.000000161.